The van der Waals surface area contributed by atoms with Crippen LogP contribution in [-0.4, -0.2) is 23.3 Å². The molecule has 5 heteroatoms. The monoisotopic (exact) mass is 260 g/mol. The van der Waals surface area contributed by atoms with Crippen LogP contribution >= 0.6 is 15.9 Å². The molecule has 0 saturated heterocycles. The molecule has 0 unspecified atom stereocenters. The van der Waals surface area contributed by atoms with Crippen molar-refractivity contribution in [1.29, 1.82) is 0 Å². The molecule has 0 radical (unpaired) electrons. The standard InChI is InChI=1S/C9H9BrO4/c1-14-5-2-3-6(7(10)4-5)8(11)9(12)13/h2-4,8,11H,1H3,(H,12,13)/t8-/m1/s1. The highest BCUT2D eigenvalue weighted by atomic mass is 79.9. The van der Waals surface area contributed by atoms with Crippen LogP contribution in [0, 0.1) is 0 Å². The van der Waals surface area contributed by atoms with E-state index >= 15 is 0 Å². The van der Waals surface area contributed by atoms with Gasteiger partial charge in [0, 0.05) is 10.0 Å². The number of halogens is 1. The molecule has 0 bridgehead atoms. The lowest BCUT2D eigenvalue weighted by atomic mass is 10.1. The third-order valence-electron chi connectivity index (χ3n) is 1.74. The summed E-state index contributed by atoms with van der Waals surface area (Å²) in [5.74, 6) is -0.686. The molecule has 0 amide bonds. The van der Waals surface area contributed by atoms with Gasteiger partial charge in [-0.1, -0.05) is 22.0 Å². The van der Waals surface area contributed by atoms with Crippen LogP contribution in [0.3, 0.4) is 0 Å². The Balaban J connectivity index is 3.05. The summed E-state index contributed by atoms with van der Waals surface area (Å²) in [6.45, 7) is 0. The number of aliphatic hydroxyl groups excluding tert-OH is 1. The summed E-state index contributed by atoms with van der Waals surface area (Å²) in [5, 5.41) is 17.9. The maximum atomic E-state index is 10.5. The van der Waals surface area contributed by atoms with Gasteiger partial charge in [0.1, 0.15) is 5.75 Å². The van der Waals surface area contributed by atoms with Crippen LogP contribution in [0.4, 0.5) is 0 Å². The van der Waals surface area contributed by atoms with Crippen molar-refractivity contribution < 1.29 is 19.7 Å². The highest BCUT2D eigenvalue weighted by Crippen LogP contribution is 2.27. The number of aliphatic hydroxyl groups is 1. The van der Waals surface area contributed by atoms with E-state index in [4.69, 9.17) is 9.84 Å². The third kappa shape index (κ3) is 2.24. The first-order valence-corrected chi connectivity index (χ1v) is 4.60. The molecule has 0 fully saturated rings. The van der Waals surface area contributed by atoms with Gasteiger partial charge in [-0.25, -0.2) is 4.79 Å². The zero-order chi connectivity index (χ0) is 10.7. The van der Waals surface area contributed by atoms with Crippen LogP contribution in [0.5, 0.6) is 5.75 Å². The fraction of sp³-hybridized carbons (Fsp3) is 0.222. The van der Waals surface area contributed by atoms with Gasteiger partial charge in [-0.05, 0) is 12.1 Å². The number of carboxylic acids is 1. The van der Waals surface area contributed by atoms with Gasteiger partial charge in [0.05, 0.1) is 7.11 Å². The number of benzene rings is 1. The Morgan fingerprint density at radius 2 is 2.21 bits per heavy atom. The number of methoxy groups -OCH3 is 1. The topological polar surface area (TPSA) is 66.8 Å². The SMILES string of the molecule is COc1ccc([C@@H](O)C(=O)O)c(Br)c1. The molecule has 0 aliphatic carbocycles. The lowest BCUT2D eigenvalue weighted by Gasteiger charge is -2.09. The number of hydrogen-bond acceptors (Lipinski definition) is 3. The van der Waals surface area contributed by atoms with Crippen molar-refractivity contribution in [2.24, 2.45) is 0 Å². The molecule has 14 heavy (non-hydrogen) atoms. The summed E-state index contributed by atoms with van der Waals surface area (Å²) in [7, 11) is 1.51. The summed E-state index contributed by atoms with van der Waals surface area (Å²) in [4.78, 5) is 10.5. The summed E-state index contributed by atoms with van der Waals surface area (Å²) in [5.41, 5.74) is 0.304. The van der Waals surface area contributed by atoms with Crippen LogP contribution in [0.1, 0.15) is 11.7 Å². The summed E-state index contributed by atoms with van der Waals surface area (Å²) >= 11 is 3.15. The van der Waals surface area contributed by atoms with E-state index < -0.39 is 12.1 Å². The lowest BCUT2D eigenvalue weighted by molar-refractivity contribution is -0.147. The van der Waals surface area contributed by atoms with Gasteiger partial charge in [0.25, 0.3) is 0 Å². The highest BCUT2D eigenvalue weighted by Gasteiger charge is 2.18. The van der Waals surface area contributed by atoms with Crippen LogP contribution in [-0.2, 0) is 4.79 Å². The van der Waals surface area contributed by atoms with Gasteiger partial charge in [-0.3, -0.25) is 0 Å². The molecule has 2 N–H and O–H groups in total. The molecular formula is C9H9BrO4. The van der Waals surface area contributed by atoms with E-state index in [1.165, 1.54) is 13.2 Å². The van der Waals surface area contributed by atoms with E-state index in [1.807, 2.05) is 0 Å². The maximum absolute atomic E-state index is 10.5. The fourth-order valence-electron chi connectivity index (χ4n) is 0.990. The predicted molar refractivity (Wildman–Crippen MR) is 53.3 cm³/mol. The molecule has 0 aliphatic rings. The van der Waals surface area contributed by atoms with Crippen molar-refractivity contribution in [3.8, 4) is 5.75 Å². The Hall–Kier alpha value is -1.07. The molecule has 0 aromatic heterocycles. The van der Waals surface area contributed by atoms with Crippen LogP contribution in [0.2, 0.25) is 0 Å². The average molecular weight is 261 g/mol. The van der Waals surface area contributed by atoms with E-state index in [1.54, 1.807) is 12.1 Å². The van der Waals surface area contributed by atoms with Gasteiger partial charge in [-0.15, -0.1) is 0 Å². The number of hydrogen-bond donors (Lipinski definition) is 2. The van der Waals surface area contributed by atoms with E-state index in [-0.39, 0.29) is 0 Å². The Labute approximate surface area is 89.3 Å². The Kier molecular flexibility index (Phi) is 3.49. The van der Waals surface area contributed by atoms with Crippen molar-refractivity contribution in [2.75, 3.05) is 7.11 Å². The molecule has 0 heterocycles. The molecule has 1 rings (SSSR count). The van der Waals surface area contributed by atoms with Gasteiger partial charge in [0.2, 0.25) is 0 Å². The van der Waals surface area contributed by atoms with Crippen LogP contribution < -0.4 is 4.74 Å². The first-order chi connectivity index (χ1) is 6.56. The van der Waals surface area contributed by atoms with Gasteiger partial charge in [0.15, 0.2) is 6.10 Å². The van der Waals surface area contributed by atoms with Crippen molar-refractivity contribution in [2.45, 2.75) is 6.10 Å². The van der Waals surface area contributed by atoms with Crippen molar-refractivity contribution in [3.05, 3.63) is 28.2 Å². The van der Waals surface area contributed by atoms with Gasteiger partial charge >= 0.3 is 5.97 Å². The molecule has 1 atom stereocenters. The van der Waals surface area contributed by atoms with E-state index in [0.717, 1.165) is 0 Å². The number of aliphatic carboxylic acids is 1. The second-order valence-corrected chi connectivity index (χ2v) is 3.48. The van der Waals surface area contributed by atoms with E-state index in [9.17, 15) is 9.90 Å². The quantitative estimate of drug-likeness (QED) is 0.866. The number of rotatable bonds is 3. The van der Waals surface area contributed by atoms with E-state index in [0.29, 0.717) is 15.8 Å². The second-order valence-electron chi connectivity index (χ2n) is 2.63. The zero-order valence-corrected chi connectivity index (χ0v) is 8.98. The first kappa shape index (κ1) is 11.0. The smallest absolute Gasteiger partial charge is 0.337 e. The Morgan fingerprint density at radius 3 is 2.64 bits per heavy atom. The third-order valence-corrected chi connectivity index (χ3v) is 2.42. The summed E-state index contributed by atoms with van der Waals surface area (Å²) in [6.07, 6.45) is -1.52. The van der Waals surface area contributed by atoms with Crippen molar-refractivity contribution in [3.63, 3.8) is 0 Å². The number of ether oxygens (including phenoxy) is 1. The molecule has 1 aromatic rings. The highest BCUT2D eigenvalue weighted by molar-refractivity contribution is 9.10. The minimum absolute atomic E-state index is 0.304. The molecular weight excluding hydrogens is 252 g/mol. The van der Waals surface area contributed by atoms with Crippen molar-refractivity contribution in [1.82, 2.24) is 0 Å². The van der Waals surface area contributed by atoms with Gasteiger partial charge in [-0.2, -0.15) is 0 Å². The second kappa shape index (κ2) is 4.43. The average Bonchev–Trinajstić information content (AvgIpc) is 2.16. The molecule has 76 valence electrons. The normalized spacial score (nSPS) is 12.2. The largest absolute Gasteiger partial charge is 0.497 e. The molecule has 0 spiro atoms. The predicted octanol–water partition coefficient (Wildman–Crippen LogP) is 1.58. The minimum atomic E-state index is -1.52. The zero-order valence-electron chi connectivity index (χ0n) is 7.40. The first-order valence-electron chi connectivity index (χ1n) is 3.80. The van der Waals surface area contributed by atoms with Crippen LogP contribution in [0.15, 0.2) is 22.7 Å². The molecule has 0 aliphatic heterocycles. The molecule has 0 saturated carbocycles. The fourth-order valence-corrected chi connectivity index (χ4v) is 1.56. The molecule has 1 aromatic carbocycles. The number of carbonyl (C=O) groups is 1. The number of carboxylic acid groups (broad SMARTS) is 1. The van der Waals surface area contributed by atoms with Gasteiger partial charge < -0.3 is 14.9 Å². The minimum Gasteiger partial charge on any atom is -0.497 e. The van der Waals surface area contributed by atoms with Crippen molar-refractivity contribution >= 4 is 21.9 Å². The summed E-state index contributed by atoms with van der Waals surface area (Å²) < 4.78 is 5.44. The Morgan fingerprint density at radius 1 is 1.57 bits per heavy atom. The van der Waals surface area contributed by atoms with Crippen LogP contribution in [0.25, 0.3) is 0 Å². The van der Waals surface area contributed by atoms with E-state index in [2.05, 4.69) is 15.9 Å². The lowest BCUT2D eigenvalue weighted by Crippen LogP contribution is -2.10. The maximum Gasteiger partial charge on any atom is 0.337 e. The Bertz CT molecular complexity index is 351. The summed E-state index contributed by atoms with van der Waals surface area (Å²) in [6, 6.07) is 4.69. The molecule has 4 nitrogen and oxygen atoms in total.